The standard InChI is InChI=1S/C40H23N3/c1-2-11-25(12-3-1)38-40(42-33-21-7-6-20-32(33)41-38)43-34-22-10-19-29-28-17-8-14-24-15-9-18-30(35(24)28)31-23-26-13-4-5-16-27(26)39(43)37(31)36(29)34/h1-23H. The molecule has 1 aliphatic rings. The van der Waals surface area contributed by atoms with E-state index in [1.807, 2.05) is 24.3 Å². The highest BCUT2D eigenvalue weighted by molar-refractivity contribution is 6.31. The van der Waals surface area contributed by atoms with E-state index in [0.717, 1.165) is 33.6 Å². The Balaban J connectivity index is 1.49. The first-order chi connectivity index (χ1) is 21.3. The van der Waals surface area contributed by atoms with Gasteiger partial charge in [0.2, 0.25) is 0 Å². The van der Waals surface area contributed by atoms with Gasteiger partial charge >= 0.3 is 0 Å². The molecule has 0 fully saturated rings. The number of fused-ring (bicyclic) bond motifs is 5. The van der Waals surface area contributed by atoms with Crippen LogP contribution in [0, 0.1) is 0 Å². The zero-order valence-corrected chi connectivity index (χ0v) is 23.1. The Kier molecular flexibility index (Phi) is 4.45. The maximum atomic E-state index is 5.39. The lowest BCUT2D eigenvalue weighted by atomic mass is 9.92. The molecule has 0 saturated carbocycles. The van der Waals surface area contributed by atoms with Crippen LogP contribution in [-0.2, 0) is 0 Å². The Labute approximate surface area is 247 Å². The zero-order chi connectivity index (χ0) is 28.1. The summed E-state index contributed by atoms with van der Waals surface area (Å²) in [7, 11) is 0. The molecule has 0 aliphatic heterocycles. The van der Waals surface area contributed by atoms with Crippen molar-refractivity contribution in [3.05, 3.63) is 140 Å². The van der Waals surface area contributed by atoms with E-state index >= 15 is 0 Å². The average molecular weight is 546 g/mol. The maximum Gasteiger partial charge on any atom is 0.165 e. The lowest BCUT2D eigenvalue weighted by Crippen LogP contribution is -2.04. The second-order valence-electron chi connectivity index (χ2n) is 11.4. The van der Waals surface area contributed by atoms with Crippen LogP contribution < -0.4 is 0 Å². The molecule has 0 saturated heterocycles. The Morgan fingerprint density at radius 1 is 0.442 bits per heavy atom. The zero-order valence-electron chi connectivity index (χ0n) is 23.1. The van der Waals surface area contributed by atoms with Gasteiger partial charge in [0.05, 0.1) is 22.1 Å². The first kappa shape index (κ1) is 22.8. The van der Waals surface area contributed by atoms with Crippen molar-refractivity contribution in [1.29, 1.82) is 0 Å². The van der Waals surface area contributed by atoms with Gasteiger partial charge in [-0.15, -0.1) is 0 Å². The minimum atomic E-state index is 0.844. The van der Waals surface area contributed by atoms with E-state index in [-0.39, 0.29) is 0 Å². The maximum absolute atomic E-state index is 5.39. The molecule has 198 valence electrons. The Bertz CT molecular complexity index is 2610. The molecule has 0 atom stereocenters. The average Bonchev–Trinajstić information content (AvgIpc) is 3.37. The molecule has 0 spiro atoms. The normalized spacial score (nSPS) is 12.2. The molecular formula is C40H23N3. The number of hydrogen-bond acceptors (Lipinski definition) is 2. The van der Waals surface area contributed by atoms with Crippen molar-refractivity contribution in [2.24, 2.45) is 0 Å². The van der Waals surface area contributed by atoms with Crippen LogP contribution in [0.4, 0.5) is 0 Å². The monoisotopic (exact) mass is 545 g/mol. The summed E-state index contributed by atoms with van der Waals surface area (Å²) in [4.78, 5) is 10.6. The molecule has 2 heterocycles. The van der Waals surface area contributed by atoms with Crippen LogP contribution in [0.5, 0.6) is 0 Å². The first-order valence-corrected chi connectivity index (χ1v) is 14.7. The summed E-state index contributed by atoms with van der Waals surface area (Å²) in [5, 5.41) is 7.51. The van der Waals surface area contributed by atoms with Crippen molar-refractivity contribution in [1.82, 2.24) is 14.5 Å². The second kappa shape index (κ2) is 8.37. The Morgan fingerprint density at radius 2 is 1.07 bits per heavy atom. The third kappa shape index (κ3) is 3.03. The molecule has 9 aromatic rings. The SMILES string of the molecule is c1ccc(-c2nc3ccccc3nc2-n2c3cccc4c3c3c(cc5ccccc5c32)-c2cccc3cccc-4c23)cc1. The molecule has 0 amide bonds. The third-order valence-electron chi connectivity index (χ3n) is 9.08. The van der Waals surface area contributed by atoms with Crippen LogP contribution in [0.15, 0.2) is 140 Å². The lowest BCUT2D eigenvalue weighted by molar-refractivity contribution is 1.08. The van der Waals surface area contributed by atoms with Crippen molar-refractivity contribution in [3.8, 4) is 39.3 Å². The first-order valence-electron chi connectivity index (χ1n) is 14.7. The summed E-state index contributed by atoms with van der Waals surface area (Å²) in [6.45, 7) is 0. The van der Waals surface area contributed by atoms with Gasteiger partial charge in [0, 0.05) is 21.7 Å². The van der Waals surface area contributed by atoms with E-state index in [9.17, 15) is 0 Å². The molecule has 10 rings (SSSR count). The molecule has 0 radical (unpaired) electrons. The Hall–Kier alpha value is -5.80. The van der Waals surface area contributed by atoms with E-state index in [4.69, 9.17) is 9.97 Å². The van der Waals surface area contributed by atoms with Gasteiger partial charge in [-0.1, -0.05) is 115 Å². The molecule has 3 heteroatoms. The van der Waals surface area contributed by atoms with E-state index in [1.54, 1.807) is 0 Å². The fourth-order valence-corrected chi connectivity index (χ4v) is 7.31. The van der Waals surface area contributed by atoms with Crippen LogP contribution in [0.1, 0.15) is 0 Å². The van der Waals surface area contributed by atoms with Crippen LogP contribution in [-0.4, -0.2) is 14.5 Å². The molecule has 3 nitrogen and oxygen atoms in total. The number of aromatic nitrogens is 3. The fraction of sp³-hybridized carbons (Fsp3) is 0. The molecule has 0 bridgehead atoms. The minimum Gasteiger partial charge on any atom is -0.291 e. The molecular weight excluding hydrogens is 522 g/mol. The number of nitrogens with zero attached hydrogens (tertiary/aromatic N) is 3. The summed E-state index contributed by atoms with van der Waals surface area (Å²) in [5.41, 5.74) is 11.0. The van der Waals surface area contributed by atoms with Gasteiger partial charge < -0.3 is 0 Å². The van der Waals surface area contributed by atoms with E-state index < -0.39 is 0 Å². The van der Waals surface area contributed by atoms with Crippen molar-refractivity contribution in [3.63, 3.8) is 0 Å². The highest BCUT2D eigenvalue weighted by atomic mass is 15.1. The summed E-state index contributed by atoms with van der Waals surface area (Å²) in [6.07, 6.45) is 0. The molecule has 43 heavy (non-hydrogen) atoms. The van der Waals surface area contributed by atoms with Gasteiger partial charge in [-0.05, 0) is 62.7 Å². The van der Waals surface area contributed by atoms with E-state index in [0.29, 0.717) is 0 Å². The summed E-state index contributed by atoms with van der Waals surface area (Å²) < 4.78 is 2.38. The topological polar surface area (TPSA) is 30.7 Å². The van der Waals surface area contributed by atoms with Crippen molar-refractivity contribution >= 4 is 54.4 Å². The van der Waals surface area contributed by atoms with Crippen LogP contribution >= 0.6 is 0 Å². The van der Waals surface area contributed by atoms with Crippen LogP contribution in [0.25, 0.3) is 93.7 Å². The van der Waals surface area contributed by atoms with Gasteiger partial charge in [0.25, 0.3) is 0 Å². The number of para-hydroxylation sites is 2. The number of benzene rings is 7. The summed E-state index contributed by atoms with van der Waals surface area (Å²) in [6, 6.07) is 49.9. The van der Waals surface area contributed by atoms with Crippen molar-refractivity contribution in [2.45, 2.75) is 0 Å². The molecule has 7 aromatic carbocycles. The Morgan fingerprint density at radius 3 is 1.88 bits per heavy atom. The van der Waals surface area contributed by atoms with Crippen LogP contribution in [0.2, 0.25) is 0 Å². The predicted octanol–water partition coefficient (Wildman–Crippen LogP) is 10.3. The highest BCUT2D eigenvalue weighted by Crippen LogP contribution is 2.51. The van der Waals surface area contributed by atoms with E-state index in [1.165, 1.54) is 60.1 Å². The van der Waals surface area contributed by atoms with Crippen molar-refractivity contribution in [2.75, 3.05) is 0 Å². The lowest BCUT2D eigenvalue weighted by Gasteiger charge is -2.17. The highest BCUT2D eigenvalue weighted by Gasteiger charge is 2.27. The van der Waals surface area contributed by atoms with Gasteiger partial charge in [-0.2, -0.15) is 0 Å². The molecule has 1 aliphatic carbocycles. The van der Waals surface area contributed by atoms with Gasteiger partial charge in [-0.25, -0.2) is 9.97 Å². The minimum absolute atomic E-state index is 0.844. The molecule has 2 aromatic heterocycles. The quantitative estimate of drug-likeness (QED) is 0.216. The van der Waals surface area contributed by atoms with Crippen LogP contribution in [0.3, 0.4) is 0 Å². The van der Waals surface area contributed by atoms with Gasteiger partial charge in [0.15, 0.2) is 5.82 Å². The fourth-order valence-electron chi connectivity index (χ4n) is 7.31. The molecule has 0 unspecified atom stereocenters. The van der Waals surface area contributed by atoms with Crippen molar-refractivity contribution < 1.29 is 0 Å². The predicted molar refractivity (Wildman–Crippen MR) is 179 cm³/mol. The smallest absolute Gasteiger partial charge is 0.165 e. The number of rotatable bonds is 2. The summed E-state index contributed by atoms with van der Waals surface area (Å²) in [5.74, 6) is 0.844. The largest absolute Gasteiger partial charge is 0.291 e. The molecule has 0 N–H and O–H groups in total. The van der Waals surface area contributed by atoms with E-state index in [2.05, 4.69) is 120 Å². The van der Waals surface area contributed by atoms with Gasteiger partial charge in [-0.3, -0.25) is 4.57 Å². The summed E-state index contributed by atoms with van der Waals surface area (Å²) >= 11 is 0. The van der Waals surface area contributed by atoms with Gasteiger partial charge in [0.1, 0.15) is 5.69 Å². The second-order valence-corrected chi connectivity index (χ2v) is 11.4. The number of hydrogen-bond donors (Lipinski definition) is 0. The third-order valence-corrected chi connectivity index (χ3v) is 9.08.